The van der Waals surface area contributed by atoms with E-state index >= 15 is 0 Å². The molecule has 130 valence electrons. The number of nitrogens with zero attached hydrogens (tertiary/aromatic N) is 4. The van der Waals surface area contributed by atoms with Crippen molar-refractivity contribution in [1.82, 2.24) is 19.8 Å². The molecule has 2 amide bonds. The zero-order valence-electron chi connectivity index (χ0n) is 14.1. The molecule has 0 unspecified atom stereocenters. The molecule has 2 saturated heterocycles. The number of rotatable bonds is 3. The summed E-state index contributed by atoms with van der Waals surface area (Å²) in [6.45, 7) is 4.59. The molecule has 25 heavy (non-hydrogen) atoms. The molecule has 0 aromatic carbocycles. The second kappa shape index (κ2) is 6.22. The lowest BCUT2D eigenvalue weighted by Crippen LogP contribution is -2.34. The van der Waals surface area contributed by atoms with Gasteiger partial charge in [0, 0.05) is 49.2 Å². The van der Waals surface area contributed by atoms with Gasteiger partial charge < -0.3 is 9.80 Å². The van der Waals surface area contributed by atoms with Gasteiger partial charge in [-0.3, -0.25) is 14.6 Å². The molecule has 7 heteroatoms. The SMILES string of the molecule is Cc1nc(CN2C[C@@]3(CCN(C(=O)c4cccnc4)C3)CC2=O)cs1. The van der Waals surface area contributed by atoms with Crippen molar-refractivity contribution in [3.63, 3.8) is 0 Å². The minimum absolute atomic E-state index is 0.00556. The summed E-state index contributed by atoms with van der Waals surface area (Å²) in [5, 5.41) is 3.03. The number of hydrogen-bond acceptors (Lipinski definition) is 5. The minimum Gasteiger partial charge on any atom is -0.338 e. The molecule has 0 aliphatic carbocycles. The number of hydrogen-bond donors (Lipinski definition) is 0. The fourth-order valence-corrected chi connectivity index (χ4v) is 4.46. The number of aromatic nitrogens is 2. The molecule has 4 rings (SSSR count). The quantitative estimate of drug-likeness (QED) is 0.845. The molecule has 0 saturated carbocycles. The first-order valence-electron chi connectivity index (χ1n) is 8.43. The molecule has 2 aromatic heterocycles. The van der Waals surface area contributed by atoms with Crippen molar-refractivity contribution in [2.45, 2.75) is 26.3 Å². The normalized spacial score (nSPS) is 23.0. The molecular weight excluding hydrogens is 336 g/mol. The van der Waals surface area contributed by atoms with Crippen LogP contribution >= 0.6 is 11.3 Å². The third-order valence-electron chi connectivity index (χ3n) is 5.06. The number of carbonyl (C=O) groups is 2. The average Bonchev–Trinajstić information content (AvgIpc) is 3.29. The maximum absolute atomic E-state index is 12.6. The van der Waals surface area contributed by atoms with Crippen LogP contribution in [0.5, 0.6) is 0 Å². The van der Waals surface area contributed by atoms with Gasteiger partial charge in [0.1, 0.15) is 0 Å². The van der Waals surface area contributed by atoms with Crippen molar-refractivity contribution in [1.29, 1.82) is 0 Å². The second-order valence-corrected chi connectivity index (χ2v) is 8.07. The summed E-state index contributed by atoms with van der Waals surface area (Å²) >= 11 is 1.61. The summed E-state index contributed by atoms with van der Waals surface area (Å²) in [5.74, 6) is 0.173. The van der Waals surface area contributed by atoms with Crippen LogP contribution in [0.3, 0.4) is 0 Å². The van der Waals surface area contributed by atoms with Gasteiger partial charge in [0.15, 0.2) is 0 Å². The van der Waals surface area contributed by atoms with Crippen LogP contribution in [-0.2, 0) is 11.3 Å². The van der Waals surface area contributed by atoms with E-state index < -0.39 is 0 Å². The van der Waals surface area contributed by atoms with E-state index in [0.717, 1.165) is 17.1 Å². The Hall–Kier alpha value is -2.28. The number of pyridine rings is 1. The van der Waals surface area contributed by atoms with Crippen LogP contribution in [0.1, 0.15) is 33.9 Å². The van der Waals surface area contributed by atoms with Crippen LogP contribution in [0.25, 0.3) is 0 Å². The Balaban J connectivity index is 1.43. The summed E-state index contributed by atoms with van der Waals surface area (Å²) in [6.07, 6.45) is 4.66. The van der Waals surface area contributed by atoms with E-state index in [1.165, 1.54) is 0 Å². The summed E-state index contributed by atoms with van der Waals surface area (Å²) in [4.78, 5) is 37.3. The first-order valence-corrected chi connectivity index (χ1v) is 9.31. The third-order valence-corrected chi connectivity index (χ3v) is 5.88. The molecule has 1 spiro atoms. The van der Waals surface area contributed by atoms with Crippen LogP contribution in [0.4, 0.5) is 0 Å². The number of carbonyl (C=O) groups excluding carboxylic acids is 2. The predicted octanol–water partition coefficient (Wildman–Crippen LogP) is 2.11. The molecule has 0 N–H and O–H groups in total. The van der Waals surface area contributed by atoms with E-state index in [-0.39, 0.29) is 17.2 Å². The molecule has 4 heterocycles. The fraction of sp³-hybridized carbons (Fsp3) is 0.444. The van der Waals surface area contributed by atoms with Gasteiger partial charge >= 0.3 is 0 Å². The average molecular weight is 356 g/mol. The molecule has 2 aromatic rings. The van der Waals surface area contributed by atoms with Crippen molar-refractivity contribution >= 4 is 23.2 Å². The number of likely N-dealkylation sites (tertiary alicyclic amines) is 2. The van der Waals surface area contributed by atoms with Gasteiger partial charge in [0.2, 0.25) is 5.91 Å². The highest BCUT2D eigenvalue weighted by molar-refractivity contribution is 7.09. The highest BCUT2D eigenvalue weighted by Gasteiger charge is 2.48. The van der Waals surface area contributed by atoms with Gasteiger partial charge in [-0.25, -0.2) is 4.98 Å². The third kappa shape index (κ3) is 3.16. The van der Waals surface area contributed by atoms with E-state index in [1.807, 2.05) is 22.1 Å². The van der Waals surface area contributed by atoms with Crippen molar-refractivity contribution < 1.29 is 9.59 Å². The Bertz CT molecular complexity index is 806. The van der Waals surface area contributed by atoms with Crippen molar-refractivity contribution in [3.8, 4) is 0 Å². The summed E-state index contributed by atoms with van der Waals surface area (Å²) in [5.41, 5.74) is 1.45. The zero-order chi connectivity index (χ0) is 17.4. The van der Waals surface area contributed by atoms with Crippen LogP contribution in [-0.4, -0.2) is 51.2 Å². The van der Waals surface area contributed by atoms with Gasteiger partial charge in [-0.2, -0.15) is 0 Å². The lowest BCUT2D eigenvalue weighted by molar-refractivity contribution is -0.128. The van der Waals surface area contributed by atoms with Gasteiger partial charge in [0.05, 0.1) is 22.8 Å². The second-order valence-electron chi connectivity index (χ2n) is 7.00. The Morgan fingerprint density at radius 2 is 2.28 bits per heavy atom. The highest BCUT2D eigenvalue weighted by Crippen LogP contribution is 2.41. The zero-order valence-corrected chi connectivity index (χ0v) is 15.0. The monoisotopic (exact) mass is 356 g/mol. The first-order chi connectivity index (χ1) is 12.0. The molecule has 0 radical (unpaired) electrons. The number of thiazole rings is 1. The summed E-state index contributed by atoms with van der Waals surface area (Å²) in [7, 11) is 0. The van der Waals surface area contributed by atoms with E-state index in [2.05, 4.69) is 9.97 Å². The van der Waals surface area contributed by atoms with Gasteiger partial charge in [-0.1, -0.05) is 0 Å². The molecular formula is C18H20N4O2S. The first kappa shape index (κ1) is 16.2. The van der Waals surface area contributed by atoms with Crippen LogP contribution < -0.4 is 0 Å². The minimum atomic E-state index is -0.111. The van der Waals surface area contributed by atoms with Crippen LogP contribution in [0, 0.1) is 12.3 Å². The molecule has 6 nitrogen and oxygen atoms in total. The molecule has 2 aliphatic rings. The summed E-state index contributed by atoms with van der Waals surface area (Å²) in [6, 6.07) is 3.56. The van der Waals surface area contributed by atoms with E-state index in [0.29, 0.717) is 38.2 Å². The Morgan fingerprint density at radius 3 is 3.00 bits per heavy atom. The standard InChI is InChI=1S/C18H20N4O2S/c1-13-20-15(10-25-13)9-22-12-18(7-16(22)23)4-6-21(11-18)17(24)14-3-2-5-19-8-14/h2-3,5,8,10H,4,6-7,9,11-12H2,1H3/t18-/m0/s1. The van der Waals surface area contributed by atoms with Crippen LogP contribution in [0.2, 0.25) is 0 Å². The molecule has 2 fully saturated rings. The van der Waals surface area contributed by atoms with Gasteiger partial charge in [-0.15, -0.1) is 11.3 Å². The lowest BCUT2D eigenvalue weighted by atomic mass is 9.86. The van der Waals surface area contributed by atoms with E-state index in [1.54, 1.807) is 35.9 Å². The molecule has 2 aliphatic heterocycles. The van der Waals surface area contributed by atoms with Crippen molar-refractivity contribution in [2.24, 2.45) is 5.41 Å². The number of aryl methyl sites for hydroxylation is 1. The smallest absolute Gasteiger partial charge is 0.255 e. The fourth-order valence-electron chi connectivity index (χ4n) is 3.86. The maximum Gasteiger partial charge on any atom is 0.255 e. The van der Waals surface area contributed by atoms with Crippen molar-refractivity contribution in [3.05, 3.63) is 46.2 Å². The van der Waals surface area contributed by atoms with Gasteiger partial charge in [-0.05, 0) is 25.5 Å². The summed E-state index contributed by atoms with van der Waals surface area (Å²) < 4.78 is 0. The molecule has 1 atom stereocenters. The lowest BCUT2D eigenvalue weighted by Gasteiger charge is -2.24. The Labute approximate surface area is 150 Å². The number of amides is 2. The topological polar surface area (TPSA) is 66.4 Å². The Morgan fingerprint density at radius 1 is 1.40 bits per heavy atom. The Kier molecular flexibility index (Phi) is 4.03. The van der Waals surface area contributed by atoms with Crippen molar-refractivity contribution in [2.75, 3.05) is 19.6 Å². The van der Waals surface area contributed by atoms with Gasteiger partial charge in [0.25, 0.3) is 5.91 Å². The predicted molar refractivity (Wildman–Crippen MR) is 94.1 cm³/mol. The molecule has 0 bridgehead atoms. The van der Waals surface area contributed by atoms with Crippen LogP contribution in [0.15, 0.2) is 29.9 Å². The largest absolute Gasteiger partial charge is 0.338 e. The van der Waals surface area contributed by atoms with E-state index in [4.69, 9.17) is 0 Å². The van der Waals surface area contributed by atoms with E-state index in [9.17, 15) is 9.59 Å². The maximum atomic E-state index is 12.6. The highest BCUT2D eigenvalue weighted by atomic mass is 32.1.